The molecule has 0 heterocycles. The Morgan fingerprint density at radius 1 is 1.24 bits per heavy atom. The smallest absolute Gasteiger partial charge is 0.311 e. The van der Waals surface area contributed by atoms with E-state index in [4.69, 9.17) is 9.47 Å². The molecular weight excluding hydrogens is 222 g/mol. The normalized spacial score (nSPS) is 34.7. The first-order valence-corrected chi connectivity index (χ1v) is 6.03. The van der Waals surface area contributed by atoms with Crippen LogP contribution < -0.4 is 5.32 Å². The largest absolute Gasteiger partial charge is 0.469 e. The molecule has 2 aliphatic rings. The summed E-state index contributed by atoms with van der Waals surface area (Å²) in [4.78, 5) is 23.3. The maximum Gasteiger partial charge on any atom is 0.311 e. The van der Waals surface area contributed by atoms with Crippen LogP contribution in [0.25, 0.3) is 0 Å². The summed E-state index contributed by atoms with van der Waals surface area (Å²) < 4.78 is 9.62. The lowest BCUT2D eigenvalue weighted by Crippen LogP contribution is -2.48. The first-order valence-electron chi connectivity index (χ1n) is 6.03. The molecule has 2 aliphatic carbocycles. The quantitative estimate of drug-likeness (QED) is 0.721. The van der Waals surface area contributed by atoms with E-state index in [0.717, 1.165) is 19.3 Å². The maximum atomic E-state index is 11.7. The number of ether oxygens (including phenoxy) is 2. The number of carbonyl (C=O) groups excluding carboxylic acids is 2. The molecule has 2 fully saturated rings. The van der Waals surface area contributed by atoms with Crippen molar-refractivity contribution in [1.82, 2.24) is 5.32 Å². The van der Waals surface area contributed by atoms with Crippen molar-refractivity contribution in [3.05, 3.63) is 0 Å². The molecule has 5 heteroatoms. The number of esters is 1. The van der Waals surface area contributed by atoms with Gasteiger partial charge in [-0.05, 0) is 31.1 Å². The zero-order valence-electron chi connectivity index (χ0n) is 10.3. The van der Waals surface area contributed by atoms with Gasteiger partial charge in [-0.2, -0.15) is 0 Å². The Hall–Kier alpha value is -1.10. The first kappa shape index (κ1) is 12.4. The number of amides is 1. The third-order valence-corrected chi connectivity index (χ3v) is 3.99. The van der Waals surface area contributed by atoms with Gasteiger partial charge in [-0.3, -0.25) is 9.59 Å². The van der Waals surface area contributed by atoms with Gasteiger partial charge in [0, 0.05) is 13.2 Å². The van der Waals surface area contributed by atoms with Gasteiger partial charge >= 0.3 is 5.97 Å². The van der Waals surface area contributed by atoms with Crippen molar-refractivity contribution in [2.75, 3.05) is 20.8 Å². The Bertz CT molecular complexity index is 318. The zero-order chi connectivity index (χ0) is 12.4. The number of fused-ring (bicyclic) bond motifs is 2. The van der Waals surface area contributed by atoms with Gasteiger partial charge in [0.05, 0.1) is 13.0 Å². The van der Waals surface area contributed by atoms with Crippen molar-refractivity contribution in [3.8, 4) is 0 Å². The third-order valence-electron chi connectivity index (χ3n) is 3.99. The fourth-order valence-corrected chi connectivity index (χ4v) is 3.33. The van der Waals surface area contributed by atoms with Crippen LogP contribution in [0.1, 0.15) is 19.3 Å². The molecule has 1 amide bonds. The molecule has 2 rings (SSSR count). The lowest BCUT2D eigenvalue weighted by molar-refractivity contribution is -0.148. The Morgan fingerprint density at radius 3 is 2.59 bits per heavy atom. The Kier molecular flexibility index (Phi) is 3.66. The van der Waals surface area contributed by atoms with Crippen LogP contribution in [0.3, 0.4) is 0 Å². The monoisotopic (exact) mass is 241 g/mol. The summed E-state index contributed by atoms with van der Waals surface area (Å²) in [6.45, 7) is 0.0434. The molecule has 5 nitrogen and oxygen atoms in total. The van der Waals surface area contributed by atoms with Crippen molar-refractivity contribution >= 4 is 11.9 Å². The van der Waals surface area contributed by atoms with Crippen molar-refractivity contribution in [3.63, 3.8) is 0 Å². The van der Waals surface area contributed by atoms with Crippen LogP contribution in [0.5, 0.6) is 0 Å². The number of methoxy groups -OCH3 is 2. The summed E-state index contributed by atoms with van der Waals surface area (Å²) in [6.07, 6.45) is 3.19. The molecule has 96 valence electrons. The van der Waals surface area contributed by atoms with Crippen LogP contribution >= 0.6 is 0 Å². The van der Waals surface area contributed by atoms with Crippen LogP contribution in [-0.2, 0) is 19.1 Å². The highest BCUT2D eigenvalue weighted by molar-refractivity contribution is 5.80. The van der Waals surface area contributed by atoms with E-state index in [0.29, 0.717) is 11.8 Å². The van der Waals surface area contributed by atoms with Crippen LogP contribution in [0.2, 0.25) is 0 Å². The molecule has 0 saturated heterocycles. The molecule has 0 radical (unpaired) electrons. The molecular formula is C12H19NO4. The van der Waals surface area contributed by atoms with Crippen molar-refractivity contribution in [2.24, 2.45) is 17.8 Å². The Morgan fingerprint density at radius 2 is 1.94 bits per heavy atom. The Labute approximate surface area is 101 Å². The maximum absolute atomic E-state index is 11.7. The van der Waals surface area contributed by atoms with Gasteiger partial charge < -0.3 is 14.8 Å². The standard InChI is InChI=1S/C12H19NO4/c1-16-6-9(14)13-11-8-4-3-7(5-8)10(11)12(15)17-2/h7-8,10-11H,3-6H2,1-2H3,(H,13,14)/t7-,8-,10+,11-/m0/s1. The van der Waals surface area contributed by atoms with E-state index < -0.39 is 0 Å². The van der Waals surface area contributed by atoms with Gasteiger partial charge in [0.15, 0.2) is 0 Å². The molecule has 0 aromatic heterocycles. The number of nitrogens with one attached hydrogen (secondary N) is 1. The molecule has 0 aliphatic heterocycles. The predicted molar refractivity (Wildman–Crippen MR) is 60.1 cm³/mol. The van der Waals surface area contributed by atoms with E-state index in [-0.39, 0.29) is 30.4 Å². The minimum Gasteiger partial charge on any atom is -0.469 e. The molecule has 0 spiro atoms. The van der Waals surface area contributed by atoms with Crippen molar-refractivity contribution in [2.45, 2.75) is 25.3 Å². The van der Waals surface area contributed by atoms with Crippen molar-refractivity contribution < 1.29 is 19.1 Å². The SMILES string of the molecule is COCC(=O)N[C@H]1[C@H]2CC[C@@H](C2)[C@H]1C(=O)OC. The second-order valence-electron chi connectivity index (χ2n) is 4.91. The van der Waals surface area contributed by atoms with Crippen LogP contribution in [0.15, 0.2) is 0 Å². The summed E-state index contributed by atoms with van der Waals surface area (Å²) in [5.41, 5.74) is 0. The van der Waals surface area contributed by atoms with E-state index in [2.05, 4.69) is 5.32 Å². The van der Waals surface area contributed by atoms with E-state index >= 15 is 0 Å². The van der Waals surface area contributed by atoms with Gasteiger partial charge in [-0.1, -0.05) is 0 Å². The minimum atomic E-state index is -0.195. The summed E-state index contributed by atoms with van der Waals surface area (Å²) >= 11 is 0. The van der Waals surface area contributed by atoms with Crippen LogP contribution in [0, 0.1) is 17.8 Å². The van der Waals surface area contributed by atoms with Gasteiger partial charge in [0.1, 0.15) is 6.61 Å². The van der Waals surface area contributed by atoms with E-state index in [9.17, 15) is 9.59 Å². The Balaban J connectivity index is 2.03. The number of carbonyl (C=O) groups is 2. The molecule has 2 saturated carbocycles. The number of hydrogen-bond acceptors (Lipinski definition) is 4. The van der Waals surface area contributed by atoms with Crippen LogP contribution in [0.4, 0.5) is 0 Å². The van der Waals surface area contributed by atoms with E-state index in [1.165, 1.54) is 14.2 Å². The van der Waals surface area contributed by atoms with Gasteiger partial charge in [-0.15, -0.1) is 0 Å². The average molecular weight is 241 g/mol. The average Bonchev–Trinajstić information content (AvgIpc) is 2.89. The molecule has 0 unspecified atom stereocenters. The second kappa shape index (κ2) is 5.04. The molecule has 0 aromatic rings. The lowest BCUT2D eigenvalue weighted by Gasteiger charge is -2.29. The highest BCUT2D eigenvalue weighted by atomic mass is 16.5. The molecule has 1 N–H and O–H groups in total. The minimum absolute atomic E-state index is 0.0434. The first-order chi connectivity index (χ1) is 8.17. The van der Waals surface area contributed by atoms with Crippen molar-refractivity contribution in [1.29, 1.82) is 0 Å². The molecule has 0 aromatic carbocycles. The fraction of sp³-hybridized carbons (Fsp3) is 0.833. The highest BCUT2D eigenvalue weighted by Gasteiger charge is 2.51. The van der Waals surface area contributed by atoms with E-state index in [1.54, 1.807) is 0 Å². The lowest BCUT2D eigenvalue weighted by atomic mass is 9.84. The molecule has 2 bridgehead atoms. The topological polar surface area (TPSA) is 64.6 Å². The number of hydrogen-bond donors (Lipinski definition) is 1. The fourth-order valence-electron chi connectivity index (χ4n) is 3.33. The summed E-state index contributed by atoms with van der Waals surface area (Å²) in [5.74, 6) is 0.281. The number of rotatable bonds is 4. The summed E-state index contributed by atoms with van der Waals surface area (Å²) in [6, 6.07) is -0.0659. The molecule has 17 heavy (non-hydrogen) atoms. The molecule has 4 atom stereocenters. The van der Waals surface area contributed by atoms with Gasteiger partial charge in [0.25, 0.3) is 0 Å². The highest BCUT2D eigenvalue weighted by Crippen LogP contribution is 2.48. The zero-order valence-corrected chi connectivity index (χ0v) is 10.3. The van der Waals surface area contributed by atoms with E-state index in [1.807, 2.05) is 0 Å². The van der Waals surface area contributed by atoms with Gasteiger partial charge in [-0.25, -0.2) is 0 Å². The third kappa shape index (κ3) is 2.29. The van der Waals surface area contributed by atoms with Crippen LogP contribution in [-0.4, -0.2) is 38.7 Å². The summed E-state index contributed by atoms with van der Waals surface area (Å²) in [7, 11) is 2.89. The summed E-state index contributed by atoms with van der Waals surface area (Å²) in [5, 5.41) is 2.91. The predicted octanol–water partition coefficient (Wildman–Crippen LogP) is 0.337. The second-order valence-corrected chi connectivity index (χ2v) is 4.91. The van der Waals surface area contributed by atoms with Gasteiger partial charge in [0.2, 0.25) is 5.91 Å².